The van der Waals surface area contributed by atoms with Crippen molar-refractivity contribution in [2.45, 2.75) is 12.5 Å². The van der Waals surface area contributed by atoms with Crippen molar-refractivity contribution in [2.75, 3.05) is 5.73 Å². The maximum absolute atomic E-state index is 13.4. The molecule has 0 radical (unpaired) electrons. The first-order valence-corrected chi connectivity index (χ1v) is 6.08. The van der Waals surface area contributed by atoms with Gasteiger partial charge in [-0.1, -0.05) is 17.7 Å². The molecule has 5 N–H and O–H groups in total. The molecule has 0 aliphatic heterocycles. The topological polar surface area (TPSA) is 81.9 Å². The predicted molar refractivity (Wildman–Crippen MR) is 72.8 cm³/mol. The van der Waals surface area contributed by atoms with Crippen molar-refractivity contribution in [1.82, 2.24) is 15.2 Å². The molecule has 1 atom stereocenters. The minimum Gasteiger partial charge on any atom is -0.384 e. The number of rotatable bonds is 4. The van der Waals surface area contributed by atoms with E-state index in [2.05, 4.69) is 10.5 Å². The molecule has 0 bridgehead atoms. The Morgan fingerprint density at radius 1 is 1.53 bits per heavy atom. The smallest absolute Gasteiger partial charge is 0.142 e. The second kappa shape index (κ2) is 5.56. The summed E-state index contributed by atoms with van der Waals surface area (Å²) in [6, 6.07) is 4.42. The van der Waals surface area contributed by atoms with Gasteiger partial charge in [0.25, 0.3) is 0 Å². The summed E-state index contributed by atoms with van der Waals surface area (Å²) in [5.74, 6) is 5.61. The van der Waals surface area contributed by atoms with Crippen molar-refractivity contribution < 1.29 is 4.39 Å². The van der Waals surface area contributed by atoms with E-state index in [1.807, 2.05) is 0 Å². The van der Waals surface area contributed by atoms with Gasteiger partial charge in [0.1, 0.15) is 11.6 Å². The second-order valence-corrected chi connectivity index (χ2v) is 4.69. The van der Waals surface area contributed by atoms with E-state index >= 15 is 0 Å². The number of anilines is 1. The van der Waals surface area contributed by atoms with Crippen LogP contribution in [0.5, 0.6) is 0 Å². The number of benzene rings is 1. The van der Waals surface area contributed by atoms with Crippen molar-refractivity contribution in [3.05, 3.63) is 46.4 Å². The molecule has 0 fully saturated rings. The molecular weight excluding hydrogens is 269 g/mol. The number of hydrogen-bond donors (Lipinski definition) is 3. The highest BCUT2D eigenvalue weighted by molar-refractivity contribution is 6.30. The molecular formula is C12H15ClFN5. The van der Waals surface area contributed by atoms with Gasteiger partial charge in [0.05, 0.1) is 17.3 Å². The fourth-order valence-electron chi connectivity index (χ4n) is 1.89. The van der Waals surface area contributed by atoms with E-state index in [4.69, 9.17) is 23.2 Å². The third-order valence-corrected chi connectivity index (χ3v) is 3.32. The van der Waals surface area contributed by atoms with Crippen LogP contribution in [-0.4, -0.2) is 9.78 Å². The Balaban J connectivity index is 2.24. The zero-order chi connectivity index (χ0) is 14.0. The summed E-state index contributed by atoms with van der Waals surface area (Å²) >= 11 is 5.65. The SMILES string of the molecule is Cn1ncc(C(Cc2ccc(Cl)c(F)c2)NN)c1N. The maximum Gasteiger partial charge on any atom is 0.142 e. The van der Waals surface area contributed by atoms with Crippen LogP contribution in [0.4, 0.5) is 10.2 Å². The number of nitrogen functional groups attached to an aromatic ring is 1. The standard InChI is InChI=1S/C12H15ClFN5/c1-19-12(15)8(6-17-19)11(18-16)5-7-2-3-9(13)10(14)4-7/h2-4,6,11,18H,5,15-16H2,1H3. The van der Waals surface area contributed by atoms with Gasteiger partial charge in [0.15, 0.2) is 0 Å². The van der Waals surface area contributed by atoms with Gasteiger partial charge < -0.3 is 5.73 Å². The first-order valence-electron chi connectivity index (χ1n) is 5.70. The van der Waals surface area contributed by atoms with Crippen LogP contribution in [0.1, 0.15) is 17.2 Å². The highest BCUT2D eigenvalue weighted by Gasteiger charge is 2.17. The maximum atomic E-state index is 13.4. The van der Waals surface area contributed by atoms with Gasteiger partial charge in [-0.3, -0.25) is 16.0 Å². The van der Waals surface area contributed by atoms with Gasteiger partial charge in [0, 0.05) is 12.6 Å². The lowest BCUT2D eigenvalue weighted by Gasteiger charge is -2.15. The van der Waals surface area contributed by atoms with Gasteiger partial charge in [-0.05, 0) is 24.1 Å². The summed E-state index contributed by atoms with van der Waals surface area (Å²) in [5, 5.41) is 4.16. The Hall–Kier alpha value is -1.63. The fourth-order valence-corrected chi connectivity index (χ4v) is 2.01. The van der Waals surface area contributed by atoms with E-state index < -0.39 is 5.82 Å². The third-order valence-electron chi connectivity index (χ3n) is 3.01. The molecule has 19 heavy (non-hydrogen) atoms. The molecule has 1 aromatic heterocycles. The van der Waals surface area contributed by atoms with Crippen LogP contribution < -0.4 is 17.0 Å². The first kappa shape index (κ1) is 13.8. The van der Waals surface area contributed by atoms with Crippen LogP contribution in [0.2, 0.25) is 5.02 Å². The Bertz CT molecular complexity index is 583. The Labute approximate surface area is 115 Å². The molecule has 0 aliphatic rings. The highest BCUT2D eigenvalue weighted by atomic mass is 35.5. The quantitative estimate of drug-likeness (QED) is 0.587. The first-order chi connectivity index (χ1) is 9.02. The molecule has 5 nitrogen and oxygen atoms in total. The zero-order valence-corrected chi connectivity index (χ0v) is 11.2. The van der Waals surface area contributed by atoms with Crippen LogP contribution in [-0.2, 0) is 13.5 Å². The molecule has 2 aromatic rings. The average molecular weight is 284 g/mol. The number of hydrazine groups is 1. The summed E-state index contributed by atoms with van der Waals surface area (Å²) in [6.45, 7) is 0. The van der Waals surface area contributed by atoms with E-state index in [1.165, 1.54) is 12.1 Å². The molecule has 2 rings (SSSR count). The fraction of sp³-hybridized carbons (Fsp3) is 0.250. The van der Waals surface area contributed by atoms with Gasteiger partial charge in [-0.15, -0.1) is 0 Å². The minimum atomic E-state index is -0.450. The molecule has 1 aromatic carbocycles. The number of nitrogens with one attached hydrogen (secondary N) is 1. The lowest BCUT2D eigenvalue weighted by Crippen LogP contribution is -2.30. The van der Waals surface area contributed by atoms with Crippen LogP contribution in [0.25, 0.3) is 0 Å². The van der Waals surface area contributed by atoms with E-state index in [0.29, 0.717) is 12.2 Å². The van der Waals surface area contributed by atoms with E-state index in [0.717, 1.165) is 11.1 Å². The van der Waals surface area contributed by atoms with Crippen LogP contribution in [0, 0.1) is 5.82 Å². The lowest BCUT2D eigenvalue weighted by molar-refractivity contribution is 0.550. The Kier molecular flexibility index (Phi) is 4.04. The summed E-state index contributed by atoms with van der Waals surface area (Å²) < 4.78 is 15.0. The van der Waals surface area contributed by atoms with Crippen molar-refractivity contribution in [3.8, 4) is 0 Å². The monoisotopic (exact) mass is 283 g/mol. The van der Waals surface area contributed by atoms with Crippen LogP contribution >= 0.6 is 11.6 Å². The van der Waals surface area contributed by atoms with Crippen LogP contribution in [0.15, 0.2) is 24.4 Å². The largest absolute Gasteiger partial charge is 0.384 e. The van der Waals surface area contributed by atoms with E-state index in [-0.39, 0.29) is 11.1 Å². The molecule has 102 valence electrons. The number of halogens is 2. The van der Waals surface area contributed by atoms with Gasteiger partial charge >= 0.3 is 0 Å². The molecule has 0 saturated heterocycles. The minimum absolute atomic E-state index is 0.0990. The van der Waals surface area contributed by atoms with Crippen LogP contribution in [0.3, 0.4) is 0 Å². The average Bonchev–Trinajstić information content (AvgIpc) is 2.72. The molecule has 1 unspecified atom stereocenters. The second-order valence-electron chi connectivity index (χ2n) is 4.28. The van der Waals surface area contributed by atoms with Gasteiger partial charge in [0.2, 0.25) is 0 Å². The molecule has 0 saturated carbocycles. The predicted octanol–water partition coefficient (Wildman–Crippen LogP) is 1.54. The molecule has 0 aliphatic carbocycles. The Morgan fingerprint density at radius 2 is 2.26 bits per heavy atom. The van der Waals surface area contributed by atoms with Crippen molar-refractivity contribution in [3.63, 3.8) is 0 Å². The molecule has 1 heterocycles. The van der Waals surface area contributed by atoms with E-state index in [1.54, 1.807) is 24.0 Å². The number of nitrogens with zero attached hydrogens (tertiary/aromatic N) is 2. The molecule has 0 amide bonds. The van der Waals surface area contributed by atoms with E-state index in [9.17, 15) is 4.39 Å². The lowest BCUT2D eigenvalue weighted by atomic mass is 10.0. The molecule has 7 heteroatoms. The summed E-state index contributed by atoms with van der Waals surface area (Å²) in [6.07, 6.45) is 2.13. The van der Waals surface area contributed by atoms with Gasteiger partial charge in [-0.2, -0.15) is 5.10 Å². The highest BCUT2D eigenvalue weighted by Crippen LogP contribution is 2.24. The zero-order valence-electron chi connectivity index (χ0n) is 10.4. The van der Waals surface area contributed by atoms with Crippen molar-refractivity contribution >= 4 is 17.4 Å². The summed E-state index contributed by atoms with van der Waals surface area (Å²) in [4.78, 5) is 0. The number of aromatic nitrogens is 2. The summed E-state index contributed by atoms with van der Waals surface area (Å²) in [5.41, 5.74) is 10.1. The number of hydrogen-bond acceptors (Lipinski definition) is 4. The Morgan fingerprint density at radius 3 is 2.79 bits per heavy atom. The third kappa shape index (κ3) is 2.86. The normalized spacial score (nSPS) is 12.6. The van der Waals surface area contributed by atoms with Gasteiger partial charge in [-0.25, -0.2) is 4.39 Å². The van der Waals surface area contributed by atoms with Crippen molar-refractivity contribution in [1.29, 1.82) is 0 Å². The van der Waals surface area contributed by atoms with Crippen molar-refractivity contribution in [2.24, 2.45) is 12.9 Å². The molecule has 0 spiro atoms. The summed E-state index contributed by atoms with van der Waals surface area (Å²) in [7, 11) is 1.74. The number of nitrogens with two attached hydrogens (primary N) is 2. The number of aryl methyl sites for hydroxylation is 1.